The molecule has 0 aliphatic carbocycles. The molecule has 1 rings (SSSR count). The van der Waals surface area contributed by atoms with Crippen molar-refractivity contribution in [2.24, 2.45) is 17.3 Å². The van der Waals surface area contributed by atoms with Crippen molar-refractivity contribution in [2.45, 2.75) is 60.6 Å². The van der Waals surface area contributed by atoms with Crippen LogP contribution in [0.3, 0.4) is 0 Å². The van der Waals surface area contributed by atoms with Crippen molar-refractivity contribution in [2.75, 3.05) is 0 Å². The predicted molar refractivity (Wildman–Crippen MR) is 85.8 cm³/mol. The van der Waals surface area contributed by atoms with Crippen LogP contribution in [0, 0.1) is 17.3 Å². The van der Waals surface area contributed by atoms with E-state index >= 15 is 0 Å². The maximum atomic E-state index is 3.69. The Balaban J connectivity index is 2.41. The molecule has 3 N–H and O–H groups in total. The van der Waals surface area contributed by atoms with Crippen molar-refractivity contribution in [3.8, 4) is 0 Å². The maximum absolute atomic E-state index is 3.69. The lowest BCUT2D eigenvalue weighted by molar-refractivity contribution is 0.317. The largest absolute Gasteiger partial charge is 0.374 e. The fourth-order valence-corrected chi connectivity index (χ4v) is 3.16. The Hall–Kier alpha value is 0.0748. The fraction of sp³-hybridized carbons (Fsp3) is 1.00. The number of rotatable bonds is 6. The Kier molecular flexibility index (Phi) is 6.29. The molecule has 0 saturated carbocycles. The normalized spacial score (nSPS) is 17.6. The van der Waals surface area contributed by atoms with Gasteiger partial charge in [-0.3, -0.25) is 0 Å². The molecule has 1 fully saturated rings. The summed E-state index contributed by atoms with van der Waals surface area (Å²) in [6.07, 6.45) is 3.68. The predicted octanol–water partition coefficient (Wildman–Crippen LogP) is 1.74. The Labute approximate surface area is 115 Å². The molecular formula is C12H30B3N3. The second-order valence-corrected chi connectivity index (χ2v) is 7.45. The van der Waals surface area contributed by atoms with E-state index in [1.165, 1.54) is 19.1 Å². The molecule has 0 unspecified atom stereocenters. The van der Waals surface area contributed by atoms with E-state index in [2.05, 4.69) is 57.0 Å². The lowest BCUT2D eigenvalue weighted by Crippen LogP contribution is -2.70. The molecule has 18 heavy (non-hydrogen) atoms. The van der Waals surface area contributed by atoms with E-state index in [1.54, 1.807) is 0 Å². The molecule has 1 aliphatic heterocycles. The van der Waals surface area contributed by atoms with Gasteiger partial charge in [-0.15, -0.1) is 0 Å². The minimum atomic E-state index is 0.401. The molecule has 0 radical (unpaired) electrons. The molecule has 1 heterocycles. The summed E-state index contributed by atoms with van der Waals surface area (Å²) in [7, 11) is 0.923. The van der Waals surface area contributed by atoms with Crippen molar-refractivity contribution in [1.29, 1.82) is 0 Å². The Morgan fingerprint density at radius 3 is 2.17 bits per heavy atom. The summed E-state index contributed by atoms with van der Waals surface area (Å²) in [6.45, 7) is 14.9. The van der Waals surface area contributed by atoms with Crippen molar-refractivity contribution in [1.82, 2.24) is 15.4 Å². The molecule has 0 aromatic carbocycles. The quantitative estimate of drug-likeness (QED) is 0.627. The van der Waals surface area contributed by atoms with Gasteiger partial charge in [0.25, 0.3) is 21.5 Å². The highest BCUT2D eigenvalue weighted by Gasteiger charge is 2.32. The first-order valence-corrected chi connectivity index (χ1v) is 7.51. The topological polar surface area (TPSA) is 36.1 Å². The highest BCUT2D eigenvalue weighted by molar-refractivity contribution is 6.81. The van der Waals surface area contributed by atoms with Gasteiger partial charge in [-0.2, -0.15) is 0 Å². The van der Waals surface area contributed by atoms with Crippen LogP contribution in [0.5, 0.6) is 0 Å². The summed E-state index contributed by atoms with van der Waals surface area (Å²) >= 11 is 0. The molecule has 102 valence electrons. The summed E-state index contributed by atoms with van der Waals surface area (Å²) in [6, 6.07) is 0. The van der Waals surface area contributed by atoms with E-state index < -0.39 is 0 Å². The molecule has 3 nitrogen and oxygen atoms in total. The summed E-state index contributed by atoms with van der Waals surface area (Å²) in [5.74, 6) is 1.51. The van der Waals surface area contributed by atoms with Crippen LogP contribution < -0.4 is 15.4 Å². The highest BCUT2D eigenvalue weighted by atomic mass is 15.0. The van der Waals surface area contributed by atoms with Crippen LogP contribution in [-0.4, -0.2) is 21.5 Å². The molecule has 0 spiro atoms. The van der Waals surface area contributed by atoms with Crippen LogP contribution in [0.25, 0.3) is 0 Å². The van der Waals surface area contributed by atoms with Gasteiger partial charge < -0.3 is 15.4 Å². The van der Waals surface area contributed by atoms with Gasteiger partial charge >= 0.3 is 0 Å². The molecule has 0 bridgehead atoms. The van der Waals surface area contributed by atoms with Crippen molar-refractivity contribution >= 4 is 21.5 Å². The summed E-state index contributed by atoms with van der Waals surface area (Å²) in [4.78, 5) is 0. The van der Waals surface area contributed by atoms with E-state index in [0.717, 1.165) is 19.4 Å². The minimum absolute atomic E-state index is 0.401. The third-order valence-corrected chi connectivity index (χ3v) is 3.52. The summed E-state index contributed by atoms with van der Waals surface area (Å²) in [5, 5.41) is 10.7. The third kappa shape index (κ3) is 6.30. The highest BCUT2D eigenvalue weighted by Crippen LogP contribution is 2.30. The average molecular weight is 249 g/mol. The van der Waals surface area contributed by atoms with Crippen LogP contribution in [0.4, 0.5) is 0 Å². The smallest absolute Gasteiger partial charge is 0.285 e. The Bertz CT molecular complexity index is 247. The second kappa shape index (κ2) is 7.02. The number of hydrogen-bond acceptors (Lipinski definition) is 3. The zero-order valence-corrected chi connectivity index (χ0v) is 13.1. The van der Waals surface area contributed by atoms with E-state index in [1.807, 2.05) is 0 Å². The van der Waals surface area contributed by atoms with E-state index in [4.69, 9.17) is 0 Å². The van der Waals surface area contributed by atoms with Crippen LogP contribution >= 0.6 is 0 Å². The Morgan fingerprint density at radius 1 is 1.00 bits per heavy atom. The van der Waals surface area contributed by atoms with Crippen molar-refractivity contribution in [3.63, 3.8) is 0 Å². The molecule has 0 aromatic rings. The standard InChI is InChI=1S/C12H30B3N3/c1-10(2)7-12(5,6)9-15-17-13-16-14(18-15)8-11(3)4/h10-11,13,16-18H,7-9H2,1-6H3. The molecule has 0 aromatic heterocycles. The zero-order valence-electron chi connectivity index (χ0n) is 13.1. The SMILES string of the molecule is CC(C)CB1NBNB(CC(C)(C)CC(C)C)N1. The monoisotopic (exact) mass is 249 g/mol. The maximum Gasteiger partial charge on any atom is 0.285 e. The van der Waals surface area contributed by atoms with Gasteiger partial charge in [0.1, 0.15) is 0 Å². The lowest BCUT2D eigenvalue weighted by atomic mass is 9.49. The summed E-state index contributed by atoms with van der Waals surface area (Å²) < 4.78 is 0. The van der Waals surface area contributed by atoms with Crippen LogP contribution in [0.1, 0.15) is 48.0 Å². The first-order valence-electron chi connectivity index (χ1n) is 7.51. The lowest BCUT2D eigenvalue weighted by Gasteiger charge is -2.35. The van der Waals surface area contributed by atoms with Crippen LogP contribution in [0.2, 0.25) is 12.6 Å². The molecule has 1 aliphatic rings. The molecule has 0 amide bonds. The van der Waals surface area contributed by atoms with Gasteiger partial charge in [-0.1, -0.05) is 47.5 Å². The third-order valence-electron chi connectivity index (χ3n) is 3.52. The minimum Gasteiger partial charge on any atom is -0.374 e. The van der Waals surface area contributed by atoms with Gasteiger partial charge in [-0.25, -0.2) is 0 Å². The second-order valence-electron chi connectivity index (χ2n) is 7.45. The van der Waals surface area contributed by atoms with Crippen molar-refractivity contribution < 1.29 is 0 Å². The van der Waals surface area contributed by atoms with Gasteiger partial charge in [0.05, 0.1) is 0 Å². The van der Waals surface area contributed by atoms with Gasteiger partial charge in [0.2, 0.25) is 0 Å². The molecule has 0 atom stereocenters. The Morgan fingerprint density at radius 2 is 1.61 bits per heavy atom. The molecule has 6 heteroatoms. The average Bonchev–Trinajstić information content (AvgIpc) is 2.13. The molecule has 1 saturated heterocycles. The van der Waals surface area contributed by atoms with E-state index in [-0.39, 0.29) is 0 Å². The fourth-order valence-electron chi connectivity index (χ4n) is 3.16. The summed E-state index contributed by atoms with van der Waals surface area (Å²) in [5.41, 5.74) is 0.401. The molecular weight excluding hydrogens is 219 g/mol. The number of nitrogens with one attached hydrogen (secondary N) is 3. The first-order chi connectivity index (χ1) is 8.28. The first kappa shape index (κ1) is 16.1. The van der Waals surface area contributed by atoms with Crippen LogP contribution in [-0.2, 0) is 0 Å². The van der Waals surface area contributed by atoms with Crippen molar-refractivity contribution in [3.05, 3.63) is 0 Å². The van der Waals surface area contributed by atoms with E-state index in [9.17, 15) is 0 Å². The van der Waals surface area contributed by atoms with Gasteiger partial charge in [0.15, 0.2) is 0 Å². The van der Waals surface area contributed by atoms with E-state index in [0.29, 0.717) is 19.4 Å². The number of hydrogen-bond donors (Lipinski definition) is 3. The van der Waals surface area contributed by atoms with Gasteiger partial charge in [-0.05, 0) is 30.4 Å². The van der Waals surface area contributed by atoms with Gasteiger partial charge in [0, 0.05) is 0 Å². The zero-order chi connectivity index (χ0) is 13.8. The van der Waals surface area contributed by atoms with Crippen LogP contribution in [0.15, 0.2) is 0 Å².